The number of rotatable bonds is 3. The molecule has 14 heavy (non-hydrogen) atoms. The number of methoxy groups -OCH3 is 1. The number of nitrogens with zero attached hydrogens (tertiary/aromatic N) is 1. The molecule has 0 saturated heterocycles. The van der Waals surface area contributed by atoms with Crippen LogP contribution in [0.3, 0.4) is 0 Å². The van der Waals surface area contributed by atoms with E-state index in [1.807, 2.05) is 0 Å². The Morgan fingerprint density at radius 2 is 2.29 bits per heavy atom. The maximum atomic E-state index is 11.1. The van der Waals surface area contributed by atoms with Gasteiger partial charge in [0.1, 0.15) is 5.69 Å². The quantitative estimate of drug-likeness (QED) is 0.326. The summed E-state index contributed by atoms with van der Waals surface area (Å²) in [6.45, 7) is 0. The van der Waals surface area contributed by atoms with Gasteiger partial charge in [0, 0.05) is 0 Å². The van der Waals surface area contributed by atoms with Crippen LogP contribution in [0, 0.1) is 4.91 Å². The van der Waals surface area contributed by atoms with Gasteiger partial charge in [-0.15, -0.1) is 4.91 Å². The molecule has 0 bridgehead atoms. The van der Waals surface area contributed by atoms with E-state index in [1.54, 1.807) is 0 Å². The van der Waals surface area contributed by atoms with Gasteiger partial charge in [0.2, 0.25) is 0 Å². The molecular weight excluding hydrogens is 186 g/mol. The lowest BCUT2D eigenvalue weighted by Gasteiger charge is -2.04. The van der Waals surface area contributed by atoms with Crippen molar-refractivity contribution in [2.45, 2.75) is 0 Å². The maximum Gasteiger partial charge on any atom is 0.337 e. The summed E-state index contributed by atoms with van der Waals surface area (Å²) in [5.41, 5.74) is 2.96. The number of carbonyl (C=O) groups excluding carboxylic acids is 1. The van der Waals surface area contributed by atoms with Crippen LogP contribution in [0.4, 0.5) is 11.4 Å². The van der Waals surface area contributed by atoms with E-state index in [1.165, 1.54) is 25.3 Å². The summed E-state index contributed by atoms with van der Waals surface area (Å²) < 4.78 is 4.47. The van der Waals surface area contributed by atoms with E-state index in [2.05, 4.69) is 15.3 Å². The SMILES string of the molecule is COC(=O)c1ccc(NN)c(N=O)c1. The lowest BCUT2D eigenvalue weighted by atomic mass is 10.2. The molecule has 6 heteroatoms. The van der Waals surface area contributed by atoms with Gasteiger partial charge in [0.15, 0.2) is 0 Å². The van der Waals surface area contributed by atoms with Crippen LogP contribution in [0.2, 0.25) is 0 Å². The number of hydrazine groups is 1. The van der Waals surface area contributed by atoms with Gasteiger partial charge in [-0.05, 0) is 23.4 Å². The zero-order valence-corrected chi connectivity index (χ0v) is 7.48. The zero-order chi connectivity index (χ0) is 10.6. The average Bonchev–Trinajstić information content (AvgIpc) is 2.26. The Morgan fingerprint density at radius 3 is 2.79 bits per heavy atom. The molecule has 0 fully saturated rings. The Kier molecular flexibility index (Phi) is 3.14. The van der Waals surface area contributed by atoms with Crippen molar-refractivity contribution < 1.29 is 9.53 Å². The van der Waals surface area contributed by atoms with Crippen LogP contribution < -0.4 is 11.3 Å². The molecule has 74 valence electrons. The smallest absolute Gasteiger partial charge is 0.337 e. The van der Waals surface area contributed by atoms with Crippen molar-refractivity contribution in [3.05, 3.63) is 28.7 Å². The molecule has 0 saturated carbocycles. The molecule has 0 unspecified atom stereocenters. The number of carbonyl (C=O) groups is 1. The standard InChI is InChI=1S/C8H9N3O3/c1-14-8(12)5-2-3-6(10-9)7(4-5)11-13/h2-4,10H,9H2,1H3. The maximum absolute atomic E-state index is 11.1. The Bertz CT molecular complexity index is 365. The topological polar surface area (TPSA) is 93.8 Å². The minimum absolute atomic E-state index is 0.0652. The second-order valence-electron chi connectivity index (χ2n) is 2.46. The average molecular weight is 195 g/mol. The molecule has 0 aliphatic rings. The lowest BCUT2D eigenvalue weighted by molar-refractivity contribution is 0.0601. The third-order valence-corrected chi connectivity index (χ3v) is 1.67. The fraction of sp³-hybridized carbons (Fsp3) is 0.125. The molecule has 6 nitrogen and oxygen atoms in total. The van der Waals surface area contributed by atoms with E-state index < -0.39 is 5.97 Å². The van der Waals surface area contributed by atoms with Crippen molar-refractivity contribution in [1.82, 2.24) is 0 Å². The highest BCUT2D eigenvalue weighted by Gasteiger charge is 2.09. The van der Waals surface area contributed by atoms with Crippen molar-refractivity contribution in [3.63, 3.8) is 0 Å². The third-order valence-electron chi connectivity index (χ3n) is 1.67. The Balaban J connectivity index is 3.13. The first-order valence-electron chi connectivity index (χ1n) is 3.75. The highest BCUT2D eigenvalue weighted by atomic mass is 16.5. The Hall–Kier alpha value is -1.95. The number of nitroso groups, excluding NO2 is 1. The van der Waals surface area contributed by atoms with Crippen LogP contribution >= 0.6 is 0 Å². The molecule has 0 aromatic heterocycles. The van der Waals surface area contributed by atoms with Gasteiger partial charge in [-0.2, -0.15) is 0 Å². The van der Waals surface area contributed by atoms with E-state index in [4.69, 9.17) is 5.84 Å². The molecule has 0 aliphatic carbocycles. The molecule has 3 N–H and O–H groups in total. The normalized spacial score (nSPS) is 9.29. The van der Waals surface area contributed by atoms with Crippen molar-refractivity contribution in [1.29, 1.82) is 0 Å². The van der Waals surface area contributed by atoms with E-state index in [0.29, 0.717) is 5.69 Å². The summed E-state index contributed by atoms with van der Waals surface area (Å²) in [5.74, 6) is 4.59. The van der Waals surface area contributed by atoms with Gasteiger partial charge >= 0.3 is 5.97 Å². The van der Waals surface area contributed by atoms with Gasteiger partial charge in [-0.1, -0.05) is 0 Å². The van der Waals surface area contributed by atoms with Crippen LogP contribution in [-0.4, -0.2) is 13.1 Å². The summed E-state index contributed by atoms with van der Waals surface area (Å²) in [6.07, 6.45) is 0. The van der Waals surface area contributed by atoms with E-state index in [0.717, 1.165) is 0 Å². The summed E-state index contributed by atoms with van der Waals surface area (Å²) in [7, 11) is 1.26. The van der Waals surface area contributed by atoms with Crippen molar-refractivity contribution in [3.8, 4) is 0 Å². The van der Waals surface area contributed by atoms with Crippen molar-refractivity contribution in [2.75, 3.05) is 12.5 Å². The lowest BCUT2D eigenvalue weighted by Crippen LogP contribution is -2.08. The van der Waals surface area contributed by atoms with E-state index >= 15 is 0 Å². The minimum Gasteiger partial charge on any atom is -0.465 e. The molecule has 1 rings (SSSR count). The molecule has 0 heterocycles. The number of nitrogens with two attached hydrogens (primary N) is 1. The van der Waals surface area contributed by atoms with Crippen LogP contribution in [0.15, 0.2) is 23.4 Å². The molecule has 0 aliphatic heterocycles. The van der Waals surface area contributed by atoms with E-state index in [-0.39, 0.29) is 11.3 Å². The number of esters is 1. The first-order valence-corrected chi connectivity index (χ1v) is 3.75. The van der Waals surface area contributed by atoms with Crippen LogP contribution in [-0.2, 0) is 4.74 Å². The minimum atomic E-state index is -0.529. The number of hydrogen-bond donors (Lipinski definition) is 2. The number of hydrogen-bond acceptors (Lipinski definition) is 6. The van der Waals surface area contributed by atoms with Crippen LogP contribution in [0.5, 0.6) is 0 Å². The fourth-order valence-electron chi connectivity index (χ4n) is 0.974. The summed E-state index contributed by atoms with van der Waals surface area (Å²) in [5, 5.41) is 2.72. The first-order chi connectivity index (χ1) is 6.72. The molecule has 1 aromatic carbocycles. The highest BCUT2D eigenvalue weighted by molar-refractivity contribution is 5.91. The largest absolute Gasteiger partial charge is 0.465 e. The predicted molar refractivity (Wildman–Crippen MR) is 51.0 cm³/mol. The monoisotopic (exact) mass is 195 g/mol. The first kappa shape index (κ1) is 10.1. The molecular formula is C8H9N3O3. The van der Waals surface area contributed by atoms with E-state index in [9.17, 15) is 9.70 Å². The second kappa shape index (κ2) is 4.33. The molecule has 0 atom stereocenters. The van der Waals surface area contributed by atoms with Gasteiger partial charge in [-0.3, -0.25) is 5.84 Å². The van der Waals surface area contributed by atoms with Gasteiger partial charge < -0.3 is 10.2 Å². The van der Waals surface area contributed by atoms with Gasteiger partial charge in [0.25, 0.3) is 0 Å². The molecule has 0 spiro atoms. The summed E-state index contributed by atoms with van der Waals surface area (Å²) in [6, 6.07) is 4.26. The molecule has 1 aromatic rings. The fourth-order valence-corrected chi connectivity index (χ4v) is 0.974. The van der Waals surface area contributed by atoms with Crippen LogP contribution in [0.1, 0.15) is 10.4 Å². The number of anilines is 1. The summed E-state index contributed by atoms with van der Waals surface area (Å²) in [4.78, 5) is 21.4. The van der Waals surface area contributed by atoms with Gasteiger partial charge in [-0.25, -0.2) is 4.79 Å². The number of benzene rings is 1. The van der Waals surface area contributed by atoms with Crippen molar-refractivity contribution in [2.24, 2.45) is 11.0 Å². The molecule has 0 amide bonds. The Morgan fingerprint density at radius 1 is 1.57 bits per heavy atom. The number of nitrogen functional groups attached to an aromatic ring is 1. The van der Waals surface area contributed by atoms with Crippen LogP contribution in [0.25, 0.3) is 0 Å². The van der Waals surface area contributed by atoms with Gasteiger partial charge in [0.05, 0.1) is 18.4 Å². The zero-order valence-electron chi connectivity index (χ0n) is 7.48. The highest BCUT2D eigenvalue weighted by Crippen LogP contribution is 2.25. The number of ether oxygens (including phenoxy) is 1. The predicted octanol–water partition coefficient (Wildman–Crippen LogP) is 1.16. The second-order valence-corrected chi connectivity index (χ2v) is 2.46. The van der Waals surface area contributed by atoms with Crippen molar-refractivity contribution >= 4 is 17.3 Å². The number of nitrogens with one attached hydrogen (secondary N) is 1. The Labute approximate surface area is 80.0 Å². The summed E-state index contributed by atoms with van der Waals surface area (Å²) >= 11 is 0. The molecule has 0 radical (unpaired) electrons. The third kappa shape index (κ3) is 1.86.